The Morgan fingerprint density at radius 3 is 2.24 bits per heavy atom. The van der Waals surface area contributed by atoms with E-state index >= 15 is 0 Å². The van der Waals surface area contributed by atoms with E-state index in [1.54, 1.807) is 12.1 Å². The average Bonchev–Trinajstić information content (AvgIpc) is 2.76. The van der Waals surface area contributed by atoms with Gasteiger partial charge in [0, 0.05) is 46.7 Å². The molecule has 178 valence electrons. The van der Waals surface area contributed by atoms with Gasteiger partial charge in [0.25, 0.3) is 0 Å². The molecule has 1 saturated carbocycles. The lowest BCUT2D eigenvalue weighted by atomic mass is 9.83. The second-order valence-corrected chi connectivity index (χ2v) is 10.4. The Labute approximate surface area is 212 Å². The molecule has 4 rings (SSSR count). The van der Waals surface area contributed by atoms with Gasteiger partial charge in [-0.15, -0.1) is 0 Å². The summed E-state index contributed by atoms with van der Waals surface area (Å²) < 4.78 is 0. The Balaban J connectivity index is 0.000000194. The van der Waals surface area contributed by atoms with Gasteiger partial charge in [-0.3, -0.25) is 0 Å². The van der Waals surface area contributed by atoms with Crippen molar-refractivity contribution in [2.45, 2.75) is 46.1 Å². The number of hydrogen-bond donors (Lipinski definition) is 1. The van der Waals surface area contributed by atoms with Crippen LogP contribution in [0.5, 0.6) is 0 Å². The third kappa shape index (κ3) is 7.45. The van der Waals surface area contributed by atoms with Gasteiger partial charge in [-0.2, -0.15) is 0 Å². The maximum absolute atomic E-state index is 6.17. The van der Waals surface area contributed by atoms with E-state index in [0.717, 1.165) is 46.5 Å². The fraction of sp³-hybridized carbons (Fsp3) is 0.462. The number of benzene rings is 2. The molecule has 0 saturated heterocycles. The Bertz CT molecular complexity index is 1040. The fourth-order valence-corrected chi connectivity index (χ4v) is 5.14. The van der Waals surface area contributed by atoms with Crippen LogP contribution >= 0.6 is 34.8 Å². The number of rotatable bonds is 5. The molecule has 1 aromatic heterocycles. The van der Waals surface area contributed by atoms with E-state index in [4.69, 9.17) is 34.8 Å². The van der Waals surface area contributed by atoms with E-state index in [0.29, 0.717) is 21.6 Å². The Morgan fingerprint density at radius 2 is 1.61 bits per heavy atom. The van der Waals surface area contributed by atoms with Crippen molar-refractivity contribution in [3.8, 4) is 0 Å². The molecule has 0 amide bonds. The van der Waals surface area contributed by atoms with Crippen LogP contribution in [0.15, 0.2) is 36.4 Å². The molecule has 7 heteroatoms. The predicted molar refractivity (Wildman–Crippen MR) is 143 cm³/mol. The molecule has 1 N–H and O–H groups in total. The van der Waals surface area contributed by atoms with E-state index in [1.165, 1.54) is 25.7 Å². The molecule has 33 heavy (non-hydrogen) atoms. The molecule has 1 heterocycles. The van der Waals surface area contributed by atoms with Crippen molar-refractivity contribution < 1.29 is 0 Å². The summed E-state index contributed by atoms with van der Waals surface area (Å²) in [6.07, 6.45) is 5.37. The van der Waals surface area contributed by atoms with E-state index in [1.807, 2.05) is 50.2 Å². The topological polar surface area (TPSA) is 41.1 Å². The molecule has 3 aromatic rings. The molecule has 0 unspecified atom stereocenters. The molecule has 0 aliphatic heterocycles. The van der Waals surface area contributed by atoms with Crippen LogP contribution in [0.3, 0.4) is 0 Å². The normalized spacial score (nSPS) is 18.0. The summed E-state index contributed by atoms with van der Waals surface area (Å²) in [6, 6.07) is 11.5. The first-order valence-electron chi connectivity index (χ1n) is 11.5. The van der Waals surface area contributed by atoms with Crippen LogP contribution < -0.4 is 10.2 Å². The number of nitrogens with zero attached hydrogens (tertiary/aromatic N) is 3. The summed E-state index contributed by atoms with van der Waals surface area (Å²) in [6.45, 7) is 6.01. The third-order valence-corrected chi connectivity index (χ3v) is 6.99. The van der Waals surface area contributed by atoms with E-state index < -0.39 is 0 Å². The highest BCUT2D eigenvalue weighted by atomic mass is 35.5. The number of hydrogen-bond acceptors (Lipinski definition) is 4. The monoisotopic (exact) mass is 506 g/mol. The molecule has 4 nitrogen and oxygen atoms in total. The van der Waals surface area contributed by atoms with E-state index in [-0.39, 0.29) is 0 Å². The fourth-order valence-electron chi connectivity index (χ4n) is 4.19. The maximum Gasteiger partial charge on any atom is 0.139 e. The number of para-hydroxylation sites is 1. The van der Waals surface area contributed by atoms with Gasteiger partial charge in [0.05, 0.1) is 5.52 Å². The SMILES string of the molecule is CC1CCC(CNCc2c(Cl)cc(Cl)cc2Cl)CC1.Cc1nc(N(C)C)c2ccccc2n1. The molecule has 1 aliphatic carbocycles. The van der Waals surface area contributed by atoms with Crippen molar-refractivity contribution >= 4 is 51.5 Å². The smallest absolute Gasteiger partial charge is 0.139 e. The highest BCUT2D eigenvalue weighted by Gasteiger charge is 2.18. The summed E-state index contributed by atoms with van der Waals surface area (Å²) >= 11 is 18.2. The number of aryl methyl sites for hydroxylation is 1. The summed E-state index contributed by atoms with van der Waals surface area (Å²) in [7, 11) is 3.99. The van der Waals surface area contributed by atoms with E-state index in [9.17, 15) is 0 Å². The van der Waals surface area contributed by atoms with Gasteiger partial charge in [0.1, 0.15) is 11.6 Å². The van der Waals surface area contributed by atoms with Crippen molar-refractivity contribution in [1.82, 2.24) is 15.3 Å². The summed E-state index contributed by atoms with van der Waals surface area (Å²) in [5, 5.41) is 6.44. The number of nitrogens with one attached hydrogen (secondary N) is 1. The van der Waals surface area contributed by atoms with Crippen LogP contribution in [0.25, 0.3) is 10.9 Å². The van der Waals surface area contributed by atoms with Gasteiger partial charge < -0.3 is 10.2 Å². The number of anilines is 1. The largest absolute Gasteiger partial charge is 0.362 e. The van der Waals surface area contributed by atoms with Gasteiger partial charge >= 0.3 is 0 Å². The lowest BCUT2D eigenvalue weighted by molar-refractivity contribution is 0.281. The molecule has 1 fully saturated rings. The zero-order valence-electron chi connectivity index (χ0n) is 19.8. The van der Waals surface area contributed by atoms with E-state index in [2.05, 4.69) is 22.2 Å². The van der Waals surface area contributed by atoms with Gasteiger partial charge in [-0.1, -0.05) is 66.7 Å². The quantitative estimate of drug-likeness (QED) is 0.387. The summed E-state index contributed by atoms with van der Waals surface area (Å²) in [4.78, 5) is 10.8. The molecular weight excluding hydrogens is 475 g/mol. The highest BCUT2D eigenvalue weighted by molar-refractivity contribution is 6.39. The van der Waals surface area contributed by atoms with Crippen molar-refractivity contribution in [3.63, 3.8) is 0 Å². The van der Waals surface area contributed by atoms with Crippen molar-refractivity contribution in [2.75, 3.05) is 25.5 Å². The zero-order valence-corrected chi connectivity index (χ0v) is 22.1. The molecule has 1 aliphatic rings. The molecule has 0 atom stereocenters. The van der Waals surface area contributed by atoms with Crippen molar-refractivity contribution in [1.29, 1.82) is 0 Å². The third-order valence-electron chi connectivity index (χ3n) is 6.09. The van der Waals surface area contributed by atoms with Crippen LogP contribution in [0.4, 0.5) is 5.82 Å². The Morgan fingerprint density at radius 1 is 0.970 bits per heavy atom. The lowest BCUT2D eigenvalue weighted by Gasteiger charge is -2.26. The maximum atomic E-state index is 6.17. The minimum atomic E-state index is 0.583. The minimum absolute atomic E-state index is 0.583. The van der Waals surface area contributed by atoms with Gasteiger partial charge in [0.15, 0.2) is 0 Å². The Hall–Kier alpha value is -1.59. The first-order chi connectivity index (χ1) is 15.7. The van der Waals surface area contributed by atoms with Crippen molar-refractivity contribution in [2.24, 2.45) is 11.8 Å². The molecule has 2 aromatic carbocycles. The van der Waals surface area contributed by atoms with Crippen LogP contribution in [0.2, 0.25) is 15.1 Å². The second kappa shape index (κ2) is 12.2. The van der Waals surface area contributed by atoms with Crippen molar-refractivity contribution in [3.05, 3.63) is 62.9 Å². The summed E-state index contributed by atoms with van der Waals surface area (Å²) in [5.74, 6) is 3.48. The number of fused-ring (bicyclic) bond motifs is 1. The minimum Gasteiger partial charge on any atom is -0.362 e. The van der Waals surface area contributed by atoms with Crippen LogP contribution in [0, 0.1) is 18.8 Å². The summed E-state index contributed by atoms with van der Waals surface area (Å²) in [5.41, 5.74) is 1.95. The zero-order chi connectivity index (χ0) is 24.0. The first kappa shape index (κ1) is 26.0. The molecular formula is C26H33Cl3N4. The van der Waals surface area contributed by atoms with Crippen LogP contribution in [-0.2, 0) is 6.54 Å². The Kier molecular flexibility index (Phi) is 9.63. The predicted octanol–water partition coefficient (Wildman–Crippen LogP) is 7.57. The van der Waals surface area contributed by atoms with Crippen LogP contribution in [-0.4, -0.2) is 30.6 Å². The lowest BCUT2D eigenvalue weighted by Crippen LogP contribution is -2.25. The molecule has 0 bridgehead atoms. The standard InChI is InChI=1S/C15H20Cl3N.C11H13N3/c1-10-2-4-11(5-3-10)8-19-9-13-14(17)6-12(16)7-15(13)18;1-8-12-10-7-5-4-6-9(10)11(13-8)14(2)3/h6-7,10-11,19H,2-5,8-9H2,1H3;4-7H,1-3H3. The number of aromatic nitrogens is 2. The van der Waals surface area contributed by atoms with Gasteiger partial charge in [-0.25, -0.2) is 9.97 Å². The average molecular weight is 508 g/mol. The van der Waals surface area contributed by atoms with Crippen LogP contribution in [0.1, 0.15) is 44.0 Å². The first-order valence-corrected chi connectivity index (χ1v) is 12.6. The molecule has 0 radical (unpaired) electrons. The van der Waals surface area contributed by atoms with Gasteiger partial charge in [0.2, 0.25) is 0 Å². The molecule has 0 spiro atoms. The van der Waals surface area contributed by atoms with Gasteiger partial charge in [-0.05, 0) is 62.4 Å². The highest BCUT2D eigenvalue weighted by Crippen LogP contribution is 2.30. The second-order valence-electron chi connectivity index (χ2n) is 9.11. The number of halogens is 3.